The first-order chi connectivity index (χ1) is 35.4. The van der Waals surface area contributed by atoms with Crippen molar-refractivity contribution in [2.45, 2.75) is 208 Å². The summed E-state index contributed by atoms with van der Waals surface area (Å²) in [5.41, 5.74) is 0. The highest BCUT2D eigenvalue weighted by Crippen LogP contribution is 2.40. The van der Waals surface area contributed by atoms with Gasteiger partial charge in [0.15, 0.2) is 12.1 Å². The molecule has 0 aromatic rings. The monoisotopic (exact) mass is 1080 g/mol. The number of ether oxygens (including phenoxy) is 7. The fourth-order valence-corrected chi connectivity index (χ4v) is 9.91. The molecule has 10 N–H and O–H groups in total. The summed E-state index contributed by atoms with van der Waals surface area (Å²) < 4.78 is 41.5. The van der Waals surface area contributed by atoms with Crippen molar-refractivity contribution in [2.24, 2.45) is 11.8 Å². The van der Waals surface area contributed by atoms with E-state index < -0.39 is 142 Å². The van der Waals surface area contributed by atoms with Crippen LogP contribution in [0.2, 0.25) is 25.7 Å². The summed E-state index contributed by atoms with van der Waals surface area (Å²) in [5.74, 6) is -3.03. The standard InChI is InChI=1S/C54H86N2O18Si/c1-33-21-19-17-15-13-11-9-10-12-14-16-18-20-22-40(72-51-50(65)47(49(64)36(4)71-51)56-52(66)69-25-26-75(6,7)8)30-43-46-44(73-53(67)55-46)32-54(68-5,74-43)31-39(59)28-42(61)41(60)24-23-37(57)27-38(58)29-45(62)70-35(3)34(2)48(33)63/h9-22,33-44,46-51,57-61,63-65H,23-32H2,1-8H3,(H,55,67)(H,56,66)/b10-9+,13-11+,14-12+,17-15+,18-16+,21-19+,22-20+/t33-,34-,35?,36+,37+,38+,39-,40-,41+,42+,43-,44-,46-,47-,48+,49+,50-,51-,54+/m0/s1. The van der Waals surface area contributed by atoms with Crippen molar-refractivity contribution in [2.75, 3.05) is 13.7 Å². The Morgan fingerprint density at radius 3 is 1.93 bits per heavy atom. The third kappa shape index (κ3) is 21.4. The van der Waals surface area contributed by atoms with E-state index in [1.54, 1.807) is 51.2 Å². The first kappa shape index (κ1) is 63.5. The first-order valence-electron chi connectivity index (χ1n) is 26.2. The van der Waals surface area contributed by atoms with Crippen molar-refractivity contribution >= 4 is 26.2 Å². The van der Waals surface area contributed by atoms with Crippen molar-refractivity contribution in [3.05, 3.63) is 85.1 Å². The number of methoxy groups -OCH3 is 1. The predicted octanol–water partition coefficient (Wildman–Crippen LogP) is 3.89. The van der Waals surface area contributed by atoms with Gasteiger partial charge in [0.05, 0.1) is 80.0 Å². The smallest absolute Gasteiger partial charge is 0.407 e. The zero-order chi connectivity index (χ0) is 55.5. The molecule has 1 unspecified atom stereocenters. The number of fused-ring (bicyclic) bond motifs is 4. The molecule has 3 fully saturated rings. The Labute approximate surface area is 442 Å². The van der Waals surface area contributed by atoms with Crippen LogP contribution in [0.4, 0.5) is 9.59 Å². The zero-order valence-corrected chi connectivity index (χ0v) is 45.7. The van der Waals surface area contributed by atoms with Crippen LogP contribution in [-0.4, -0.2) is 184 Å². The molecule has 0 aliphatic carbocycles. The number of cyclic esters (lactones) is 1. The minimum absolute atomic E-state index is 0.0231. The van der Waals surface area contributed by atoms with Crippen molar-refractivity contribution in [1.82, 2.24) is 10.6 Å². The van der Waals surface area contributed by atoms with E-state index in [1.807, 2.05) is 61.6 Å². The molecular formula is C54H86N2O18Si. The second-order valence-electron chi connectivity index (χ2n) is 21.5. The second kappa shape index (κ2) is 30.8. The van der Waals surface area contributed by atoms with Gasteiger partial charge in [0.1, 0.15) is 24.4 Å². The average molecular weight is 1080 g/mol. The summed E-state index contributed by atoms with van der Waals surface area (Å²) >= 11 is 0. The molecule has 4 heterocycles. The molecule has 0 aromatic carbocycles. The summed E-state index contributed by atoms with van der Waals surface area (Å²) in [4.78, 5) is 38.4. The van der Waals surface area contributed by atoms with Gasteiger partial charge in [0.25, 0.3) is 0 Å². The van der Waals surface area contributed by atoms with Crippen LogP contribution in [-0.2, 0) is 38.0 Å². The largest absolute Gasteiger partial charge is 0.462 e. The Morgan fingerprint density at radius 1 is 0.707 bits per heavy atom. The van der Waals surface area contributed by atoms with Crippen LogP contribution in [0.1, 0.15) is 79.1 Å². The van der Waals surface area contributed by atoms with Gasteiger partial charge in [0, 0.05) is 52.7 Å². The highest BCUT2D eigenvalue weighted by atomic mass is 28.3. The van der Waals surface area contributed by atoms with Gasteiger partial charge in [-0.2, -0.15) is 0 Å². The Kier molecular flexibility index (Phi) is 26.0. The van der Waals surface area contributed by atoms with Gasteiger partial charge in [-0.15, -0.1) is 0 Å². The highest BCUT2D eigenvalue weighted by molar-refractivity contribution is 6.76. The van der Waals surface area contributed by atoms with Gasteiger partial charge in [-0.1, -0.05) is 119 Å². The molecule has 20 nitrogen and oxygen atoms in total. The van der Waals surface area contributed by atoms with Crippen LogP contribution in [0.15, 0.2) is 85.1 Å². The number of amides is 2. The number of alkyl carbamates (subject to hydrolysis) is 2. The number of hydrogen-bond donors (Lipinski definition) is 10. The van der Waals surface area contributed by atoms with Crippen LogP contribution in [0, 0.1) is 11.8 Å². The summed E-state index contributed by atoms with van der Waals surface area (Å²) in [6, 6.07) is -1.27. The maximum absolute atomic E-state index is 12.9. The van der Waals surface area contributed by atoms with Gasteiger partial charge >= 0.3 is 18.2 Å². The normalized spacial score (nSPS) is 41.7. The number of allylic oxidation sites excluding steroid dienone is 12. The predicted molar refractivity (Wildman–Crippen MR) is 280 cm³/mol. The SMILES string of the molecule is CO[C@]12C[C@@H](O)C[C@@H](O)[C@H](O)CC[C@@H](O)C[C@@H](O)CC(=O)OC(C)[C@H](C)[C@H](O)[C@@H](C)/C=C/C=C/C=C/C=C/C=C/C=C/C=C/[C@H](O[C@@H]3O[C@H](C)[C@@H](O)[C@H](NC(=O)OCC[Si](C)(C)C)[C@@H]3O)C[C@H](O1)[C@@H]1NC(=O)O[C@H]1C2. The molecule has 75 heavy (non-hydrogen) atoms. The van der Waals surface area contributed by atoms with E-state index >= 15 is 0 Å². The fourth-order valence-electron chi connectivity index (χ4n) is 9.19. The van der Waals surface area contributed by atoms with Crippen LogP contribution in [0.25, 0.3) is 0 Å². The lowest BCUT2D eigenvalue weighted by molar-refractivity contribution is -0.307. The summed E-state index contributed by atoms with van der Waals surface area (Å²) in [6.07, 6.45) is 6.05. The second-order valence-corrected chi connectivity index (χ2v) is 27.1. The van der Waals surface area contributed by atoms with Gasteiger partial charge < -0.3 is 84.6 Å². The van der Waals surface area contributed by atoms with Crippen LogP contribution in [0.5, 0.6) is 0 Å². The number of hydrogen-bond acceptors (Lipinski definition) is 18. The third-order valence-corrected chi connectivity index (χ3v) is 15.6. The van der Waals surface area contributed by atoms with Crippen molar-refractivity contribution in [1.29, 1.82) is 0 Å². The molecule has 0 spiro atoms. The molecule has 0 saturated carbocycles. The van der Waals surface area contributed by atoms with Crippen molar-refractivity contribution in [3.63, 3.8) is 0 Å². The van der Waals surface area contributed by atoms with Gasteiger partial charge in [0.2, 0.25) is 0 Å². The van der Waals surface area contributed by atoms with E-state index in [0.29, 0.717) is 6.04 Å². The lowest BCUT2D eigenvalue weighted by Crippen LogP contribution is -2.64. The number of carbonyl (C=O) groups is 3. The van der Waals surface area contributed by atoms with E-state index in [4.69, 9.17) is 33.2 Å². The minimum atomic E-state index is -1.60. The molecule has 19 atom stereocenters. The number of rotatable bonds is 7. The Bertz CT molecular complexity index is 1990. The molecule has 3 saturated heterocycles. The number of carbonyl (C=O) groups excluding carboxylic acids is 3. The maximum Gasteiger partial charge on any atom is 0.407 e. The molecular weight excluding hydrogens is 993 g/mol. The Balaban J connectivity index is 1.59. The van der Waals surface area contributed by atoms with E-state index in [2.05, 4.69) is 30.3 Å². The number of esters is 1. The molecule has 0 aromatic heterocycles. The zero-order valence-electron chi connectivity index (χ0n) is 44.7. The van der Waals surface area contributed by atoms with Crippen molar-refractivity contribution < 1.29 is 88.4 Å². The van der Waals surface area contributed by atoms with Gasteiger partial charge in [-0.3, -0.25) is 4.79 Å². The quantitative estimate of drug-likeness (QED) is 0.0983. The van der Waals surface area contributed by atoms with Crippen LogP contribution in [0.3, 0.4) is 0 Å². The maximum atomic E-state index is 12.9. The minimum Gasteiger partial charge on any atom is -0.462 e. The van der Waals surface area contributed by atoms with Gasteiger partial charge in [-0.25, -0.2) is 9.59 Å². The highest BCUT2D eigenvalue weighted by Gasteiger charge is 2.54. The third-order valence-electron chi connectivity index (χ3n) is 13.9. The van der Waals surface area contributed by atoms with E-state index in [0.717, 1.165) is 0 Å². The average Bonchev–Trinajstić information content (AvgIpc) is 3.71. The Hall–Kier alpha value is -4.07. The molecule has 424 valence electrons. The molecule has 0 radical (unpaired) electrons. The molecule has 4 rings (SSSR count). The topological polar surface area (TPSA) is 302 Å². The first-order valence-corrected chi connectivity index (χ1v) is 29.9. The van der Waals surface area contributed by atoms with E-state index in [9.17, 15) is 55.2 Å². The fraction of sp³-hybridized carbons (Fsp3) is 0.685. The van der Waals surface area contributed by atoms with Crippen molar-refractivity contribution in [3.8, 4) is 0 Å². The molecule has 21 heteroatoms. The summed E-state index contributed by atoms with van der Waals surface area (Å²) in [7, 11) is -0.177. The molecule has 2 amide bonds. The summed E-state index contributed by atoms with van der Waals surface area (Å²) in [5, 5.41) is 93.6. The molecule has 4 aliphatic heterocycles. The van der Waals surface area contributed by atoms with Gasteiger partial charge in [-0.05, 0) is 39.2 Å². The number of aliphatic hydroxyl groups is 8. The number of nitrogens with one attached hydrogen (secondary N) is 2. The Morgan fingerprint density at radius 2 is 1.32 bits per heavy atom. The van der Waals surface area contributed by atoms with Crippen LogP contribution >= 0.6 is 0 Å². The van der Waals surface area contributed by atoms with Crippen LogP contribution < -0.4 is 10.6 Å². The molecule has 4 aliphatic rings. The molecule has 2 bridgehead atoms. The summed E-state index contributed by atoms with van der Waals surface area (Å²) in [6.45, 7) is 13.4. The van der Waals surface area contributed by atoms with E-state index in [-0.39, 0.29) is 57.5 Å². The number of aliphatic hydroxyl groups excluding tert-OH is 8. The lowest BCUT2D eigenvalue weighted by atomic mass is 9.87. The van der Waals surface area contributed by atoms with E-state index in [1.165, 1.54) is 7.11 Å². The lowest BCUT2D eigenvalue weighted by Gasteiger charge is -2.46.